The van der Waals surface area contributed by atoms with E-state index in [1.807, 2.05) is 13.8 Å². The lowest BCUT2D eigenvalue weighted by Gasteiger charge is -2.41. The number of aliphatic hydroxyl groups is 2. The Kier molecular flexibility index (Phi) is 6.64. The number of ether oxygens (including phenoxy) is 2. The van der Waals surface area contributed by atoms with Crippen molar-refractivity contribution in [2.75, 3.05) is 13.7 Å². The van der Waals surface area contributed by atoms with Crippen molar-refractivity contribution < 1.29 is 39.3 Å². The van der Waals surface area contributed by atoms with Crippen LogP contribution in [0.5, 0.6) is 0 Å². The van der Waals surface area contributed by atoms with E-state index < -0.39 is 58.5 Å². The van der Waals surface area contributed by atoms with E-state index in [0.29, 0.717) is 11.5 Å². The van der Waals surface area contributed by atoms with Crippen LogP contribution in [0.3, 0.4) is 0 Å². The fourth-order valence-electron chi connectivity index (χ4n) is 4.83. The first-order valence-electron chi connectivity index (χ1n) is 10.4. The van der Waals surface area contributed by atoms with Crippen molar-refractivity contribution in [3.05, 3.63) is 0 Å². The lowest BCUT2D eigenvalue weighted by Crippen LogP contribution is -2.58. The van der Waals surface area contributed by atoms with Crippen LogP contribution in [0.25, 0.3) is 0 Å². The first-order valence-corrected chi connectivity index (χ1v) is 10.4. The molecule has 10 nitrogen and oxygen atoms in total. The van der Waals surface area contributed by atoms with Crippen LogP contribution in [0.2, 0.25) is 0 Å². The summed E-state index contributed by atoms with van der Waals surface area (Å²) >= 11 is 0. The third kappa shape index (κ3) is 4.21. The van der Waals surface area contributed by atoms with E-state index in [1.165, 1.54) is 26.0 Å². The Morgan fingerprint density at radius 2 is 1.61 bits per heavy atom. The molecule has 0 spiro atoms. The highest BCUT2D eigenvalue weighted by atomic mass is 16.7. The van der Waals surface area contributed by atoms with Crippen molar-refractivity contribution in [1.29, 1.82) is 0 Å². The second-order valence-electron chi connectivity index (χ2n) is 10.9. The Hall–Kier alpha value is -1.30. The van der Waals surface area contributed by atoms with Gasteiger partial charge in [-0.25, -0.2) is 9.59 Å². The van der Waals surface area contributed by atoms with E-state index in [9.17, 15) is 25.0 Å². The predicted molar refractivity (Wildman–Crippen MR) is 109 cm³/mol. The maximum atomic E-state index is 12.9. The molecule has 0 saturated carbocycles. The largest absolute Gasteiger partial charge is 0.467 e. The molecule has 0 aromatic carbocycles. The van der Waals surface area contributed by atoms with Gasteiger partial charge >= 0.3 is 11.9 Å². The number of aliphatic hydroxyl groups excluding tert-OH is 1. The van der Waals surface area contributed by atoms with Gasteiger partial charge in [-0.15, -0.1) is 10.3 Å². The van der Waals surface area contributed by atoms with E-state index >= 15 is 0 Å². The van der Waals surface area contributed by atoms with Crippen molar-refractivity contribution >= 4 is 11.9 Å². The second kappa shape index (κ2) is 7.93. The van der Waals surface area contributed by atoms with Gasteiger partial charge in [0.2, 0.25) is 6.10 Å². The third-order valence-corrected chi connectivity index (χ3v) is 6.74. The summed E-state index contributed by atoms with van der Waals surface area (Å²) < 4.78 is 10.1. The molecule has 0 bridgehead atoms. The highest BCUT2D eigenvalue weighted by Gasteiger charge is 2.66. The van der Waals surface area contributed by atoms with Gasteiger partial charge in [0.1, 0.15) is 6.61 Å². The van der Waals surface area contributed by atoms with Crippen molar-refractivity contribution in [1.82, 2.24) is 10.1 Å². The molecule has 2 saturated heterocycles. The zero-order valence-corrected chi connectivity index (χ0v) is 20.0. The van der Waals surface area contributed by atoms with Gasteiger partial charge in [0.15, 0.2) is 5.60 Å². The molecule has 2 aliphatic heterocycles. The summed E-state index contributed by atoms with van der Waals surface area (Å²) in [6.07, 6.45) is -1.73. The average molecular weight is 446 g/mol. The summed E-state index contributed by atoms with van der Waals surface area (Å²) in [5.74, 6) is -1.79. The molecule has 2 aliphatic rings. The molecular weight excluding hydrogens is 408 g/mol. The van der Waals surface area contributed by atoms with Crippen molar-refractivity contribution in [3.8, 4) is 0 Å². The molecular formula is C21H37N2O8. The zero-order chi connectivity index (χ0) is 24.2. The van der Waals surface area contributed by atoms with Crippen molar-refractivity contribution in [2.45, 2.75) is 108 Å². The standard InChI is InChI=1S/C21H37N2O8/c1-17(2)10-14(24)19(5,6)23(17)31-13(15(25)29-9)11-30-16(26)21(27)12-18(3,4)22(28)20(21,7)8/h13-14,24,27H,10-12H2,1-9H3. The Morgan fingerprint density at radius 3 is 2.00 bits per heavy atom. The van der Waals surface area contributed by atoms with Crippen molar-refractivity contribution in [2.24, 2.45) is 0 Å². The molecule has 0 aromatic heterocycles. The van der Waals surface area contributed by atoms with Gasteiger partial charge in [0, 0.05) is 17.5 Å². The minimum absolute atomic E-state index is 0.128. The number of nitrogens with zero attached hydrogens (tertiary/aromatic N) is 2. The molecule has 179 valence electrons. The normalized spacial score (nSPS) is 32.6. The molecule has 0 aromatic rings. The van der Waals surface area contributed by atoms with Crippen LogP contribution in [-0.2, 0) is 29.1 Å². The molecule has 0 amide bonds. The van der Waals surface area contributed by atoms with Crippen LogP contribution in [0.15, 0.2) is 0 Å². The molecule has 1 radical (unpaired) electrons. The van der Waals surface area contributed by atoms with Crippen LogP contribution in [0, 0.1) is 0 Å². The Bertz CT molecular complexity index is 720. The van der Waals surface area contributed by atoms with Gasteiger partial charge < -0.3 is 19.7 Å². The number of hydroxylamine groups is 4. The van der Waals surface area contributed by atoms with E-state index in [-0.39, 0.29) is 6.42 Å². The molecule has 2 rings (SSSR count). The topological polar surface area (TPSA) is 129 Å². The lowest BCUT2D eigenvalue weighted by atomic mass is 9.82. The Morgan fingerprint density at radius 1 is 1.06 bits per heavy atom. The number of esters is 2. The number of carbonyl (C=O) groups excluding carboxylic acids is 2. The highest BCUT2D eigenvalue weighted by molar-refractivity contribution is 5.83. The highest BCUT2D eigenvalue weighted by Crippen LogP contribution is 2.47. The molecule has 0 aliphatic carbocycles. The number of hydrogen-bond donors (Lipinski definition) is 2. The van der Waals surface area contributed by atoms with Crippen LogP contribution in [0.4, 0.5) is 0 Å². The SMILES string of the molecule is COC(=O)C(COC(=O)C1(O)CC(C)(C)N([O])C1(C)C)ON1C(C)(C)CC(O)C1(C)C. The fourth-order valence-corrected chi connectivity index (χ4v) is 4.83. The Balaban J connectivity index is 2.20. The molecule has 2 fully saturated rings. The molecule has 31 heavy (non-hydrogen) atoms. The maximum absolute atomic E-state index is 12.9. The fraction of sp³-hybridized carbons (Fsp3) is 0.905. The summed E-state index contributed by atoms with van der Waals surface area (Å²) in [7, 11) is 1.18. The predicted octanol–water partition coefficient (Wildman–Crippen LogP) is 0.966. The van der Waals surface area contributed by atoms with Gasteiger partial charge in [-0.1, -0.05) is 0 Å². The van der Waals surface area contributed by atoms with Crippen LogP contribution in [-0.4, -0.2) is 86.0 Å². The average Bonchev–Trinajstić information content (AvgIpc) is 2.87. The molecule has 3 atom stereocenters. The van der Waals surface area contributed by atoms with Crippen LogP contribution < -0.4 is 0 Å². The van der Waals surface area contributed by atoms with Gasteiger partial charge in [0.25, 0.3) is 0 Å². The van der Waals surface area contributed by atoms with E-state index in [4.69, 9.17) is 14.3 Å². The Labute approximate surface area is 184 Å². The molecule has 2 N–H and O–H groups in total. The lowest BCUT2D eigenvalue weighted by molar-refractivity contribution is -0.281. The van der Waals surface area contributed by atoms with Crippen molar-refractivity contribution in [3.63, 3.8) is 0 Å². The van der Waals surface area contributed by atoms with Crippen LogP contribution >= 0.6 is 0 Å². The van der Waals surface area contributed by atoms with E-state index in [2.05, 4.69) is 0 Å². The van der Waals surface area contributed by atoms with Gasteiger partial charge in [-0.3, -0.25) is 4.84 Å². The summed E-state index contributed by atoms with van der Waals surface area (Å²) in [6.45, 7) is 13.0. The molecule has 3 unspecified atom stereocenters. The maximum Gasteiger partial charge on any atom is 0.340 e. The summed E-state index contributed by atoms with van der Waals surface area (Å²) in [5.41, 5.74) is -5.88. The van der Waals surface area contributed by atoms with E-state index in [1.54, 1.807) is 27.7 Å². The third-order valence-electron chi connectivity index (χ3n) is 6.74. The number of methoxy groups -OCH3 is 1. The second-order valence-corrected chi connectivity index (χ2v) is 10.9. The number of carbonyl (C=O) groups is 2. The summed E-state index contributed by atoms with van der Waals surface area (Å²) in [4.78, 5) is 31.1. The van der Waals surface area contributed by atoms with Crippen LogP contribution in [0.1, 0.15) is 68.2 Å². The summed E-state index contributed by atoms with van der Waals surface area (Å²) in [6, 6.07) is 0. The quantitative estimate of drug-likeness (QED) is 0.575. The minimum Gasteiger partial charge on any atom is -0.467 e. The minimum atomic E-state index is -2.07. The molecule has 10 heteroatoms. The van der Waals surface area contributed by atoms with E-state index in [0.717, 1.165) is 0 Å². The first kappa shape index (κ1) is 26.0. The van der Waals surface area contributed by atoms with Gasteiger partial charge in [-0.2, -0.15) is 5.06 Å². The monoisotopic (exact) mass is 445 g/mol. The summed E-state index contributed by atoms with van der Waals surface area (Å²) in [5, 5.41) is 36.3. The molecule has 2 heterocycles. The van der Waals surface area contributed by atoms with Gasteiger partial charge in [-0.05, 0) is 61.8 Å². The smallest absolute Gasteiger partial charge is 0.340 e. The van der Waals surface area contributed by atoms with Gasteiger partial charge in [0.05, 0.1) is 24.3 Å². The number of hydrogen-bond acceptors (Lipinski definition) is 9. The zero-order valence-electron chi connectivity index (χ0n) is 20.0. The number of rotatable bonds is 6. The first-order chi connectivity index (χ1) is 13.8.